The van der Waals surface area contributed by atoms with Crippen molar-refractivity contribution in [3.8, 4) is 17.2 Å². The highest BCUT2D eigenvalue weighted by Gasteiger charge is 2.12. The number of nitrogens with zero attached hydrogens (tertiary/aromatic N) is 1. The maximum absolute atomic E-state index is 11.8. The maximum atomic E-state index is 11.8. The Balaban J connectivity index is 2.15. The average Bonchev–Trinajstić information content (AvgIpc) is 2.43. The number of nitro groups is 1. The van der Waals surface area contributed by atoms with Crippen LogP contribution in [0, 0.1) is 10.1 Å². The molecule has 0 heterocycles. The number of aromatic hydroxyl groups is 2. The predicted octanol–water partition coefficient (Wildman–Crippen LogP) is 2.23. The number of carbonyl (C=O) groups is 1. The molecule has 0 saturated carbocycles. The predicted molar refractivity (Wildman–Crippen MR) is 67.8 cm³/mol. The molecule has 0 aliphatic heterocycles. The van der Waals surface area contributed by atoms with Crippen LogP contribution in [0.3, 0.4) is 0 Å². The molecule has 7 heteroatoms. The molecule has 0 saturated heterocycles. The Bertz CT molecular complexity index is 665. The number of ether oxygens (including phenoxy) is 1. The second kappa shape index (κ2) is 5.27. The first-order valence-corrected chi connectivity index (χ1v) is 5.46. The second-order valence-electron chi connectivity index (χ2n) is 3.84. The third-order valence-corrected chi connectivity index (χ3v) is 2.47. The third kappa shape index (κ3) is 2.83. The lowest BCUT2D eigenvalue weighted by Gasteiger charge is -2.05. The summed E-state index contributed by atoms with van der Waals surface area (Å²) in [5.41, 5.74) is -0.00741. The Hall–Kier alpha value is -3.09. The first kappa shape index (κ1) is 13.3. The summed E-state index contributed by atoms with van der Waals surface area (Å²) in [6.45, 7) is 0. The van der Waals surface area contributed by atoms with E-state index in [9.17, 15) is 20.0 Å². The van der Waals surface area contributed by atoms with E-state index in [-0.39, 0.29) is 22.7 Å². The van der Waals surface area contributed by atoms with Crippen LogP contribution in [0.1, 0.15) is 10.4 Å². The molecule has 0 aromatic heterocycles. The molecule has 0 amide bonds. The van der Waals surface area contributed by atoms with E-state index in [1.54, 1.807) is 0 Å². The van der Waals surface area contributed by atoms with E-state index in [2.05, 4.69) is 0 Å². The van der Waals surface area contributed by atoms with E-state index >= 15 is 0 Å². The fraction of sp³-hybridized carbons (Fsp3) is 0. The van der Waals surface area contributed by atoms with Gasteiger partial charge in [0.05, 0.1) is 10.5 Å². The summed E-state index contributed by atoms with van der Waals surface area (Å²) in [5, 5.41) is 28.9. The van der Waals surface area contributed by atoms with Crippen molar-refractivity contribution in [1.82, 2.24) is 0 Å². The molecule has 0 unspecified atom stereocenters. The van der Waals surface area contributed by atoms with Gasteiger partial charge < -0.3 is 14.9 Å². The van der Waals surface area contributed by atoms with Crippen molar-refractivity contribution < 1.29 is 24.7 Å². The lowest BCUT2D eigenvalue weighted by atomic mass is 10.2. The summed E-state index contributed by atoms with van der Waals surface area (Å²) in [4.78, 5) is 21.7. The second-order valence-corrected chi connectivity index (χ2v) is 3.84. The zero-order valence-corrected chi connectivity index (χ0v) is 10.0. The van der Waals surface area contributed by atoms with E-state index in [1.807, 2.05) is 0 Å². The third-order valence-electron chi connectivity index (χ3n) is 2.47. The first-order valence-electron chi connectivity index (χ1n) is 5.46. The summed E-state index contributed by atoms with van der Waals surface area (Å²) < 4.78 is 4.96. The Morgan fingerprint density at radius 1 is 1.05 bits per heavy atom. The zero-order valence-electron chi connectivity index (χ0n) is 10.0. The average molecular weight is 275 g/mol. The highest BCUT2D eigenvalue weighted by Crippen LogP contribution is 2.29. The van der Waals surface area contributed by atoms with Gasteiger partial charge in [0, 0.05) is 18.2 Å². The lowest BCUT2D eigenvalue weighted by molar-refractivity contribution is -0.384. The number of hydrogen-bond acceptors (Lipinski definition) is 6. The van der Waals surface area contributed by atoms with Crippen molar-refractivity contribution in [3.05, 3.63) is 58.1 Å². The summed E-state index contributed by atoms with van der Waals surface area (Å²) >= 11 is 0. The molecular formula is C13H9NO6. The van der Waals surface area contributed by atoms with Crippen LogP contribution in [0.4, 0.5) is 5.69 Å². The Kier molecular flexibility index (Phi) is 3.52. The van der Waals surface area contributed by atoms with Crippen molar-refractivity contribution in [2.75, 3.05) is 0 Å². The van der Waals surface area contributed by atoms with Crippen LogP contribution in [-0.4, -0.2) is 21.1 Å². The quantitative estimate of drug-likeness (QED) is 0.292. The molecule has 2 N–H and O–H groups in total. The van der Waals surface area contributed by atoms with Gasteiger partial charge in [-0.05, 0) is 24.3 Å². The standard InChI is InChI=1S/C13H9NO6/c15-11-6-5-10(7-12(11)16)20-13(17)8-1-3-9(4-2-8)14(18)19/h1-7,15-16H. The van der Waals surface area contributed by atoms with Gasteiger partial charge in [0.2, 0.25) is 0 Å². The molecule has 0 aliphatic carbocycles. The number of phenolic OH excluding ortho intramolecular Hbond substituents is 2. The van der Waals surface area contributed by atoms with E-state index in [0.29, 0.717) is 0 Å². The maximum Gasteiger partial charge on any atom is 0.343 e. The van der Waals surface area contributed by atoms with Crippen LogP contribution < -0.4 is 4.74 Å². The van der Waals surface area contributed by atoms with Crippen molar-refractivity contribution in [2.24, 2.45) is 0 Å². The molecule has 2 aromatic carbocycles. The highest BCUT2D eigenvalue weighted by molar-refractivity contribution is 5.91. The monoisotopic (exact) mass is 275 g/mol. The van der Waals surface area contributed by atoms with Crippen LogP contribution in [0.15, 0.2) is 42.5 Å². The van der Waals surface area contributed by atoms with Gasteiger partial charge in [-0.15, -0.1) is 0 Å². The molecule has 2 rings (SSSR count). The van der Waals surface area contributed by atoms with Crippen LogP contribution in [0.2, 0.25) is 0 Å². The topological polar surface area (TPSA) is 110 Å². The first-order chi connectivity index (χ1) is 9.47. The summed E-state index contributed by atoms with van der Waals surface area (Å²) in [6, 6.07) is 8.46. The Morgan fingerprint density at radius 3 is 2.25 bits per heavy atom. The number of carbonyl (C=O) groups excluding carboxylic acids is 1. The van der Waals surface area contributed by atoms with Gasteiger partial charge in [0.25, 0.3) is 5.69 Å². The lowest BCUT2D eigenvalue weighted by Crippen LogP contribution is -2.08. The van der Waals surface area contributed by atoms with Crippen LogP contribution in [0.5, 0.6) is 17.2 Å². The van der Waals surface area contributed by atoms with Gasteiger partial charge in [0.1, 0.15) is 5.75 Å². The van der Waals surface area contributed by atoms with Crippen molar-refractivity contribution >= 4 is 11.7 Å². The minimum atomic E-state index is -0.731. The number of phenols is 2. The van der Waals surface area contributed by atoms with E-state index in [4.69, 9.17) is 9.84 Å². The van der Waals surface area contributed by atoms with Crippen LogP contribution in [0.25, 0.3) is 0 Å². The molecule has 0 spiro atoms. The van der Waals surface area contributed by atoms with Crippen LogP contribution >= 0.6 is 0 Å². The van der Waals surface area contributed by atoms with Gasteiger partial charge in [-0.1, -0.05) is 0 Å². The van der Waals surface area contributed by atoms with Gasteiger partial charge in [-0.3, -0.25) is 10.1 Å². The summed E-state index contributed by atoms with van der Waals surface area (Å²) in [5.74, 6) is -1.44. The summed E-state index contributed by atoms with van der Waals surface area (Å²) in [6.07, 6.45) is 0. The van der Waals surface area contributed by atoms with E-state index in [0.717, 1.165) is 6.07 Å². The van der Waals surface area contributed by atoms with Gasteiger partial charge >= 0.3 is 5.97 Å². The molecule has 0 fully saturated rings. The molecule has 102 valence electrons. The fourth-order valence-corrected chi connectivity index (χ4v) is 1.45. The molecule has 0 atom stereocenters. The molecular weight excluding hydrogens is 266 g/mol. The normalized spacial score (nSPS) is 10.0. The smallest absolute Gasteiger partial charge is 0.343 e. The van der Waals surface area contributed by atoms with E-state index in [1.165, 1.54) is 36.4 Å². The number of hydrogen-bond donors (Lipinski definition) is 2. The minimum absolute atomic E-state index is 0.0450. The Morgan fingerprint density at radius 2 is 1.70 bits per heavy atom. The van der Waals surface area contributed by atoms with Gasteiger partial charge in [0.15, 0.2) is 11.5 Å². The molecule has 7 nitrogen and oxygen atoms in total. The Labute approximate surface area is 112 Å². The zero-order chi connectivity index (χ0) is 14.7. The molecule has 20 heavy (non-hydrogen) atoms. The number of nitro benzene ring substituents is 1. The fourth-order valence-electron chi connectivity index (χ4n) is 1.45. The molecule has 0 aliphatic rings. The molecule has 2 aromatic rings. The molecule has 0 bridgehead atoms. The van der Waals surface area contributed by atoms with Crippen molar-refractivity contribution in [2.45, 2.75) is 0 Å². The van der Waals surface area contributed by atoms with Gasteiger partial charge in [-0.2, -0.15) is 0 Å². The molecule has 0 radical (unpaired) electrons. The number of benzene rings is 2. The van der Waals surface area contributed by atoms with Crippen molar-refractivity contribution in [3.63, 3.8) is 0 Å². The van der Waals surface area contributed by atoms with E-state index < -0.39 is 16.6 Å². The SMILES string of the molecule is O=C(Oc1ccc(O)c(O)c1)c1ccc([N+](=O)[O-])cc1. The number of non-ortho nitro benzene ring substituents is 1. The largest absolute Gasteiger partial charge is 0.504 e. The number of rotatable bonds is 3. The summed E-state index contributed by atoms with van der Waals surface area (Å²) in [7, 11) is 0. The minimum Gasteiger partial charge on any atom is -0.504 e. The van der Waals surface area contributed by atoms with Crippen molar-refractivity contribution in [1.29, 1.82) is 0 Å². The van der Waals surface area contributed by atoms with Crippen LogP contribution in [-0.2, 0) is 0 Å². The highest BCUT2D eigenvalue weighted by atomic mass is 16.6. The van der Waals surface area contributed by atoms with Gasteiger partial charge in [-0.25, -0.2) is 4.79 Å². The number of esters is 1.